The van der Waals surface area contributed by atoms with E-state index in [2.05, 4.69) is 378 Å². The van der Waals surface area contributed by atoms with E-state index >= 15 is 0 Å². The fourth-order valence-corrected chi connectivity index (χ4v) is 25.1. The number of hydrogen-bond acceptors (Lipinski definition) is 2. The second-order valence-electron chi connectivity index (χ2n) is 23.8. The Morgan fingerprint density at radius 1 is 0.244 bits per heavy atom. The molecule has 3 nitrogen and oxygen atoms in total. The molecule has 15 aromatic rings. The summed E-state index contributed by atoms with van der Waals surface area (Å²) in [6.07, 6.45) is 0. The fourth-order valence-electron chi connectivity index (χ4n) is 15.6. The van der Waals surface area contributed by atoms with Gasteiger partial charge in [0.25, 0.3) is 6.71 Å². The van der Waals surface area contributed by atoms with Crippen molar-refractivity contribution in [3.8, 4) is 16.8 Å². The van der Waals surface area contributed by atoms with Crippen LogP contribution in [0.25, 0.3) is 38.6 Å². The molecule has 2 aliphatic heterocycles. The predicted molar refractivity (Wildman–Crippen MR) is 387 cm³/mol. The summed E-state index contributed by atoms with van der Waals surface area (Å²) in [5.74, 6) is 0. The molecule has 0 aliphatic carbocycles. The van der Waals surface area contributed by atoms with Gasteiger partial charge in [-0.2, -0.15) is 0 Å². The summed E-state index contributed by atoms with van der Waals surface area (Å²) >= 11 is 0. The minimum Gasteiger partial charge on any atom is -0.311 e. The average Bonchev–Trinajstić information content (AvgIpc) is 0.736. The molecule has 14 aromatic carbocycles. The molecule has 90 heavy (non-hydrogen) atoms. The smallest absolute Gasteiger partial charge is 0.252 e. The summed E-state index contributed by atoms with van der Waals surface area (Å²) in [5, 5.41) is 13.1. The molecule has 0 saturated heterocycles. The van der Waals surface area contributed by atoms with Gasteiger partial charge in [0.05, 0.1) is 16.7 Å². The number of aromatic nitrogens is 1. The first-order chi connectivity index (χ1) is 44.7. The lowest BCUT2D eigenvalue weighted by Crippen LogP contribution is -2.75. The van der Waals surface area contributed by atoms with Gasteiger partial charge in [-0.25, -0.2) is 0 Å². The highest BCUT2D eigenvalue weighted by Gasteiger charge is 2.48. The molecule has 0 bridgehead atoms. The van der Waals surface area contributed by atoms with Crippen LogP contribution in [0.3, 0.4) is 0 Å². The second kappa shape index (κ2) is 22.0. The topological polar surface area (TPSA) is 11.4 Å². The third-order valence-corrected chi connectivity index (χ3v) is 28.8. The van der Waals surface area contributed by atoms with Gasteiger partial charge in [-0.15, -0.1) is 0 Å². The lowest BCUT2D eigenvalue weighted by atomic mass is 9.33. The summed E-state index contributed by atoms with van der Waals surface area (Å²) in [5.41, 5.74) is 16.4. The van der Waals surface area contributed by atoms with Gasteiger partial charge < -0.3 is 14.4 Å². The number of nitrogens with zero attached hydrogens (tertiary/aromatic N) is 3. The van der Waals surface area contributed by atoms with Gasteiger partial charge in [0.15, 0.2) is 16.1 Å². The summed E-state index contributed by atoms with van der Waals surface area (Å²) in [4.78, 5) is 5.28. The fraction of sp³-hybridized carbons (Fsp3) is 0. The first kappa shape index (κ1) is 53.2. The zero-order chi connectivity index (χ0) is 59.6. The minimum atomic E-state index is -3.04. The Bertz CT molecular complexity index is 4880. The first-order valence-corrected chi connectivity index (χ1v) is 35.3. The molecule has 0 N–H and O–H groups in total. The van der Waals surface area contributed by atoms with Crippen LogP contribution >= 0.6 is 0 Å². The van der Waals surface area contributed by atoms with Crippen molar-refractivity contribution in [3.63, 3.8) is 0 Å². The maximum Gasteiger partial charge on any atom is 0.252 e. The maximum absolute atomic E-state index is 3.04. The molecule has 1 aromatic heterocycles. The van der Waals surface area contributed by atoms with Crippen molar-refractivity contribution < 1.29 is 0 Å². The minimum absolute atomic E-state index is 0.169. The van der Waals surface area contributed by atoms with E-state index in [0.29, 0.717) is 0 Å². The van der Waals surface area contributed by atoms with Gasteiger partial charge in [-0.3, -0.25) is 0 Å². The van der Waals surface area contributed by atoms with E-state index in [9.17, 15) is 0 Å². The van der Waals surface area contributed by atoms with Crippen LogP contribution in [-0.2, 0) is 0 Å². The third-order valence-electron chi connectivity index (χ3n) is 19.2. The van der Waals surface area contributed by atoms with Crippen LogP contribution in [0.15, 0.2) is 364 Å². The van der Waals surface area contributed by atoms with E-state index in [1.54, 1.807) is 0 Å². The summed E-state index contributed by atoms with van der Waals surface area (Å²) in [6, 6.07) is 138. The largest absolute Gasteiger partial charge is 0.311 e. The van der Waals surface area contributed by atoms with E-state index in [1.165, 1.54) is 91.2 Å². The number of hydrogen-bond donors (Lipinski definition) is 0. The van der Waals surface area contributed by atoms with Gasteiger partial charge in [0, 0.05) is 50.5 Å². The van der Waals surface area contributed by atoms with E-state index < -0.39 is 16.1 Å². The Morgan fingerprint density at radius 3 is 1.12 bits per heavy atom. The number of para-hydroxylation sites is 4. The molecule has 0 spiro atoms. The van der Waals surface area contributed by atoms with E-state index in [-0.39, 0.29) is 6.71 Å². The second-order valence-corrected chi connectivity index (χ2v) is 31.5. The first-order valence-electron chi connectivity index (χ1n) is 31.3. The Hall–Kier alpha value is -11.0. The molecule has 0 unspecified atom stereocenters. The third kappa shape index (κ3) is 8.26. The molecular formula is C84H60BN3Si2. The van der Waals surface area contributed by atoms with Crippen molar-refractivity contribution in [3.05, 3.63) is 364 Å². The van der Waals surface area contributed by atoms with Crippen molar-refractivity contribution in [2.75, 3.05) is 9.80 Å². The molecular weight excluding hydrogens is 1120 g/mol. The summed E-state index contributed by atoms with van der Waals surface area (Å²) in [6.45, 7) is -0.169. The quantitative estimate of drug-likeness (QED) is 0.0892. The van der Waals surface area contributed by atoms with Gasteiger partial charge in [-0.1, -0.05) is 309 Å². The van der Waals surface area contributed by atoms with Gasteiger partial charge in [0.1, 0.15) is 0 Å². The van der Waals surface area contributed by atoms with Crippen molar-refractivity contribution in [1.82, 2.24) is 4.57 Å². The molecule has 6 heteroatoms. The maximum atomic E-state index is 2.66. The van der Waals surface area contributed by atoms with E-state index in [1.807, 2.05) is 0 Å². The zero-order valence-electron chi connectivity index (χ0n) is 49.6. The normalized spacial score (nSPS) is 12.6. The molecule has 0 atom stereocenters. The molecule has 0 amide bonds. The SMILES string of the molecule is c1ccc(-c2cccc3c2N(c2cccc([Si](c4ccccc4)(c4ccccc4)c4ccccc4)c2)c2cc(-n4c5ccccc5c5ccccc54)cc4c2B3c2ccc([Si](c3ccccc3)(c3ccccc3)c3ccccc3)cc2N4c2ccccc2)cc1. The number of benzene rings is 14. The van der Waals surface area contributed by atoms with Gasteiger partial charge in [0.2, 0.25) is 0 Å². The van der Waals surface area contributed by atoms with Crippen LogP contribution in [0.5, 0.6) is 0 Å². The average molecular weight is 1180 g/mol. The Balaban J connectivity index is 1.02. The highest BCUT2D eigenvalue weighted by molar-refractivity contribution is 7.20. The van der Waals surface area contributed by atoms with Gasteiger partial charge >= 0.3 is 0 Å². The number of fused-ring (bicyclic) bond motifs is 7. The van der Waals surface area contributed by atoms with Crippen LogP contribution in [0.2, 0.25) is 0 Å². The summed E-state index contributed by atoms with van der Waals surface area (Å²) in [7, 11) is -6.06. The molecule has 17 rings (SSSR count). The summed E-state index contributed by atoms with van der Waals surface area (Å²) < 4.78 is 2.52. The monoisotopic (exact) mass is 1180 g/mol. The highest BCUT2D eigenvalue weighted by Crippen LogP contribution is 2.48. The molecule has 3 heterocycles. The molecule has 422 valence electrons. The lowest BCUT2D eigenvalue weighted by Gasteiger charge is -2.46. The molecule has 0 fully saturated rings. The predicted octanol–water partition coefficient (Wildman–Crippen LogP) is 13.3. The van der Waals surface area contributed by atoms with E-state index in [0.717, 1.165) is 39.5 Å². The zero-order valence-corrected chi connectivity index (χ0v) is 51.6. The van der Waals surface area contributed by atoms with Crippen molar-refractivity contribution in [2.24, 2.45) is 0 Å². The Kier molecular flexibility index (Phi) is 13.0. The Morgan fingerprint density at radius 2 is 0.633 bits per heavy atom. The Labute approximate surface area is 528 Å². The van der Waals surface area contributed by atoms with Crippen LogP contribution in [0.4, 0.5) is 34.1 Å². The number of anilines is 6. The number of rotatable bonds is 12. The van der Waals surface area contributed by atoms with Crippen molar-refractivity contribution in [2.45, 2.75) is 0 Å². The van der Waals surface area contributed by atoms with Crippen LogP contribution in [-0.4, -0.2) is 27.4 Å². The van der Waals surface area contributed by atoms with Crippen LogP contribution in [0.1, 0.15) is 0 Å². The lowest BCUT2D eigenvalue weighted by molar-refractivity contribution is 1.16. The molecule has 0 radical (unpaired) electrons. The van der Waals surface area contributed by atoms with Crippen molar-refractivity contribution >= 4 is 137 Å². The standard InChI is InChI=1S/C84H60BN3Si2/c1-9-31-61(32-10-1)73-51-30-52-77-84(73)88(63-35-29-48-71(57-63)89(65-36-13-3-14-37-65,66-38-15-4-16-39-66)67-40-17-5-18-41-67)82-59-64(87-78-53-27-25-49-74(78)75-50-26-28-54-79(75)87)58-81-83(82)85(77)76-56-55-72(60-80(76)86(81)62-33-11-2-12-34-62)90(68-42-19-6-20-43-68,69-44-21-7-22-45-69)70-46-23-8-24-47-70/h1-60H. The van der Waals surface area contributed by atoms with Crippen LogP contribution in [0, 0.1) is 0 Å². The van der Waals surface area contributed by atoms with Gasteiger partial charge in [-0.05, 0) is 118 Å². The van der Waals surface area contributed by atoms with E-state index in [4.69, 9.17) is 0 Å². The molecule has 2 aliphatic rings. The van der Waals surface area contributed by atoms with Crippen LogP contribution < -0.4 is 67.7 Å². The molecule has 0 saturated carbocycles. The highest BCUT2D eigenvalue weighted by atomic mass is 28.3. The van der Waals surface area contributed by atoms with Crippen molar-refractivity contribution in [1.29, 1.82) is 0 Å².